The van der Waals surface area contributed by atoms with E-state index in [9.17, 15) is 19.8 Å². The summed E-state index contributed by atoms with van der Waals surface area (Å²) >= 11 is 0. The first kappa shape index (κ1) is 21.7. The summed E-state index contributed by atoms with van der Waals surface area (Å²) in [7, 11) is 0. The van der Waals surface area contributed by atoms with Gasteiger partial charge < -0.3 is 19.7 Å². The van der Waals surface area contributed by atoms with Crippen LogP contribution in [0.4, 0.5) is 9.59 Å². The summed E-state index contributed by atoms with van der Waals surface area (Å²) in [5, 5.41) is 19.2. The zero-order valence-electron chi connectivity index (χ0n) is 16.4. The zero-order valence-corrected chi connectivity index (χ0v) is 16.4. The molecule has 0 aliphatic heterocycles. The highest BCUT2D eigenvalue weighted by Crippen LogP contribution is 2.30. The van der Waals surface area contributed by atoms with Gasteiger partial charge in [0.2, 0.25) is 0 Å². The molecule has 8 nitrogen and oxygen atoms in total. The Hall–Kier alpha value is -2.35. The Labute approximate surface area is 153 Å². The fourth-order valence-corrected chi connectivity index (χ4v) is 2.22. The van der Waals surface area contributed by atoms with Crippen LogP contribution in [0.3, 0.4) is 0 Å². The lowest BCUT2D eigenvalue weighted by molar-refractivity contribution is 0.0199. The van der Waals surface area contributed by atoms with Crippen LogP contribution in [0.15, 0.2) is 6.20 Å². The second-order valence-electron chi connectivity index (χ2n) is 7.94. The monoisotopic (exact) mass is 368 g/mol. The van der Waals surface area contributed by atoms with Gasteiger partial charge in [0, 0.05) is 22.9 Å². The molecule has 0 fully saturated rings. The van der Waals surface area contributed by atoms with Gasteiger partial charge in [-0.3, -0.25) is 9.88 Å². The zero-order chi connectivity index (χ0) is 20.3. The maximum Gasteiger partial charge on any atom is 0.514 e. The van der Waals surface area contributed by atoms with Crippen LogP contribution >= 0.6 is 0 Å². The van der Waals surface area contributed by atoms with E-state index in [0.29, 0.717) is 16.8 Å². The molecular formula is C18H28N2O6. The molecule has 8 heteroatoms. The summed E-state index contributed by atoms with van der Waals surface area (Å²) in [4.78, 5) is 29.1. The van der Waals surface area contributed by atoms with Gasteiger partial charge in [-0.25, -0.2) is 9.59 Å². The number of aryl methyl sites for hydroxylation is 1. The molecule has 0 saturated heterocycles. The fourth-order valence-electron chi connectivity index (χ4n) is 2.22. The second kappa shape index (κ2) is 7.90. The number of carboxylic acid groups (broad SMARTS) is 1. The highest BCUT2D eigenvalue weighted by atomic mass is 16.7. The minimum atomic E-state index is -1.13. The Morgan fingerprint density at radius 2 is 1.77 bits per heavy atom. The molecule has 0 saturated carbocycles. The number of amides is 1. The average Bonchev–Trinajstić information content (AvgIpc) is 2.44. The van der Waals surface area contributed by atoms with E-state index in [1.54, 1.807) is 48.5 Å². The van der Waals surface area contributed by atoms with E-state index in [0.717, 1.165) is 0 Å². The van der Waals surface area contributed by atoms with Gasteiger partial charge in [-0.15, -0.1) is 0 Å². The first-order valence-corrected chi connectivity index (χ1v) is 8.26. The lowest BCUT2D eigenvalue weighted by Crippen LogP contribution is -2.44. The van der Waals surface area contributed by atoms with Gasteiger partial charge in [-0.1, -0.05) is 0 Å². The maximum atomic E-state index is 12.1. The lowest BCUT2D eigenvalue weighted by Gasteiger charge is -2.34. The summed E-state index contributed by atoms with van der Waals surface area (Å²) in [5.74, 6) is 0.0984. The number of nitrogens with zero attached hydrogens (tertiary/aromatic N) is 2. The third kappa shape index (κ3) is 5.87. The number of pyridine rings is 1. The summed E-state index contributed by atoms with van der Waals surface area (Å²) in [5.41, 5.74) is -0.292. The quantitative estimate of drug-likeness (QED) is 0.783. The number of ether oxygens (including phenoxy) is 2. The molecule has 146 valence electrons. The molecule has 26 heavy (non-hydrogen) atoms. The SMILES string of the molecule is Cc1ncc(CO)c(CN(C(=O)O)C(C)(C)C)c1OC(=O)OC(C)(C)C. The molecule has 0 atom stereocenters. The minimum absolute atomic E-state index is 0.0732. The molecule has 0 aliphatic carbocycles. The van der Waals surface area contributed by atoms with Crippen molar-refractivity contribution in [2.75, 3.05) is 0 Å². The summed E-state index contributed by atoms with van der Waals surface area (Å²) in [6.07, 6.45) is -0.606. The molecule has 0 aliphatic rings. The van der Waals surface area contributed by atoms with Gasteiger partial charge in [0.05, 0.1) is 18.8 Å². The predicted molar refractivity (Wildman–Crippen MR) is 95.1 cm³/mol. The second-order valence-corrected chi connectivity index (χ2v) is 7.94. The maximum absolute atomic E-state index is 12.1. The van der Waals surface area contributed by atoms with Gasteiger partial charge in [0.25, 0.3) is 0 Å². The first-order valence-electron chi connectivity index (χ1n) is 8.26. The fraction of sp³-hybridized carbons (Fsp3) is 0.611. The van der Waals surface area contributed by atoms with E-state index in [-0.39, 0.29) is 18.9 Å². The summed E-state index contributed by atoms with van der Waals surface area (Å²) < 4.78 is 10.5. The van der Waals surface area contributed by atoms with Crippen molar-refractivity contribution >= 4 is 12.2 Å². The minimum Gasteiger partial charge on any atom is -0.465 e. The first-order chi connectivity index (χ1) is 11.8. The van der Waals surface area contributed by atoms with Gasteiger partial charge >= 0.3 is 12.2 Å². The van der Waals surface area contributed by atoms with Crippen molar-refractivity contribution in [2.45, 2.75) is 72.8 Å². The van der Waals surface area contributed by atoms with Crippen molar-refractivity contribution < 1.29 is 29.3 Å². The number of aliphatic hydroxyl groups is 1. The number of hydrogen-bond donors (Lipinski definition) is 2. The number of carbonyl (C=O) groups is 2. The molecule has 1 amide bonds. The van der Waals surface area contributed by atoms with E-state index in [1.807, 2.05) is 0 Å². The molecule has 0 aromatic carbocycles. The van der Waals surface area contributed by atoms with Crippen molar-refractivity contribution in [2.24, 2.45) is 0 Å². The van der Waals surface area contributed by atoms with Crippen LogP contribution in [-0.2, 0) is 17.9 Å². The highest BCUT2D eigenvalue weighted by molar-refractivity contribution is 5.68. The Morgan fingerprint density at radius 3 is 2.19 bits per heavy atom. The summed E-state index contributed by atoms with van der Waals surface area (Å²) in [6, 6.07) is 0. The summed E-state index contributed by atoms with van der Waals surface area (Å²) in [6.45, 7) is 11.6. The number of rotatable bonds is 4. The van der Waals surface area contributed by atoms with E-state index in [2.05, 4.69) is 4.98 Å². The van der Waals surface area contributed by atoms with Crippen molar-refractivity contribution in [3.63, 3.8) is 0 Å². The van der Waals surface area contributed by atoms with Crippen LogP contribution < -0.4 is 4.74 Å². The third-order valence-electron chi connectivity index (χ3n) is 3.51. The Bertz CT molecular complexity index is 673. The molecule has 1 aromatic rings. The third-order valence-corrected chi connectivity index (χ3v) is 3.51. The van der Waals surface area contributed by atoms with Crippen molar-refractivity contribution in [1.82, 2.24) is 9.88 Å². The van der Waals surface area contributed by atoms with Crippen LogP contribution in [0.2, 0.25) is 0 Å². The molecule has 0 radical (unpaired) electrons. The lowest BCUT2D eigenvalue weighted by atomic mass is 10.0. The number of aromatic nitrogens is 1. The van der Waals surface area contributed by atoms with E-state index < -0.39 is 23.4 Å². The highest BCUT2D eigenvalue weighted by Gasteiger charge is 2.30. The van der Waals surface area contributed by atoms with Crippen LogP contribution in [0, 0.1) is 6.92 Å². The topological polar surface area (TPSA) is 109 Å². The molecule has 1 rings (SSSR count). The van der Waals surface area contributed by atoms with Crippen molar-refractivity contribution in [1.29, 1.82) is 0 Å². The molecule has 0 unspecified atom stereocenters. The van der Waals surface area contributed by atoms with E-state index >= 15 is 0 Å². The number of aliphatic hydroxyl groups excluding tert-OH is 1. The normalized spacial score (nSPS) is 11.8. The van der Waals surface area contributed by atoms with Gasteiger partial charge in [-0.2, -0.15) is 0 Å². The average molecular weight is 368 g/mol. The van der Waals surface area contributed by atoms with Crippen LogP contribution in [-0.4, -0.2) is 43.5 Å². The smallest absolute Gasteiger partial charge is 0.465 e. The standard InChI is InChI=1S/C18H28N2O6/c1-11-14(25-16(24)26-18(5,6)7)13(12(10-21)8-19-11)9-20(15(22)23)17(2,3)4/h8,21H,9-10H2,1-7H3,(H,22,23). The van der Waals surface area contributed by atoms with Gasteiger partial charge in [0.15, 0.2) is 5.75 Å². The molecule has 1 heterocycles. The van der Waals surface area contributed by atoms with Crippen LogP contribution in [0.5, 0.6) is 5.75 Å². The molecule has 0 bridgehead atoms. The Morgan fingerprint density at radius 1 is 1.19 bits per heavy atom. The largest absolute Gasteiger partial charge is 0.514 e. The Balaban J connectivity index is 3.34. The van der Waals surface area contributed by atoms with E-state index in [4.69, 9.17) is 9.47 Å². The van der Waals surface area contributed by atoms with Crippen molar-refractivity contribution in [3.8, 4) is 5.75 Å². The van der Waals surface area contributed by atoms with Gasteiger partial charge in [-0.05, 0) is 48.5 Å². The van der Waals surface area contributed by atoms with E-state index in [1.165, 1.54) is 11.1 Å². The van der Waals surface area contributed by atoms with Gasteiger partial charge in [0.1, 0.15) is 5.60 Å². The predicted octanol–water partition coefficient (Wildman–Crippen LogP) is 3.47. The number of carbonyl (C=O) groups excluding carboxylic acids is 1. The van der Waals surface area contributed by atoms with Crippen LogP contribution in [0.1, 0.15) is 58.4 Å². The number of hydrogen-bond acceptors (Lipinski definition) is 6. The molecule has 1 aromatic heterocycles. The molecular weight excluding hydrogens is 340 g/mol. The molecule has 0 spiro atoms. The Kier molecular flexibility index (Phi) is 6.59. The molecule has 2 N–H and O–H groups in total. The van der Waals surface area contributed by atoms with Crippen LogP contribution in [0.25, 0.3) is 0 Å². The van der Waals surface area contributed by atoms with Crippen molar-refractivity contribution in [3.05, 3.63) is 23.0 Å².